The van der Waals surface area contributed by atoms with E-state index in [0.29, 0.717) is 16.3 Å². The SMILES string of the molecule is CN1CC(=O)Oc2c(F)cc(C(=O)Cc3ccc(Br)cc3Cl)cc21. The summed E-state index contributed by atoms with van der Waals surface area (Å²) < 4.78 is 20.0. The molecule has 2 aromatic rings. The zero-order valence-corrected chi connectivity index (χ0v) is 14.9. The van der Waals surface area contributed by atoms with E-state index in [4.69, 9.17) is 16.3 Å². The second kappa shape index (κ2) is 6.53. The highest BCUT2D eigenvalue weighted by Gasteiger charge is 2.26. The molecule has 0 saturated carbocycles. The number of carbonyl (C=O) groups is 2. The van der Waals surface area contributed by atoms with E-state index in [0.717, 1.165) is 10.5 Å². The molecule has 0 bridgehead atoms. The predicted octanol–water partition coefficient (Wildman–Crippen LogP) is 4.02. The molecule has 0 fully saturated rings. The first-order chi connectivity index (χ1) is 11.3. The van der Waals surface area contributed by atoms with Crippen LogP contribution in [0.1, 0.15) is 15.9 Å². The second-order valence-corrected chi connectivity index (χ2v) is 6.80. The zero-order valence-electron chi connectivity index (χ0n) is 12.6. The van der Waals surface area contributed by atoms with Gasteiger partial charge in [0.05, 0.1) is 5.69 Å². The first kappa shape index (κ1) is 16.9. The number of Topliss-reactive ketones (excluding diaryl/α,β-unsaturated/α-hetero) is 1. The van der Waals surface area contributed by atoms with Crippen LogP contribution in [0.3, 0.4) is 0 Å². The molecule has 24 heavy (non-hydrogen) atoms. The molecule has 1 heterocycles. The Morgan fingerprint density at radius 2 is 2.12 bits per heavy atom. The summed E-state index contributed by atoms with van der Waals surface area (Å²) in [5, 5.41) is 0.460. The van der Waals surface area contributed by atoms with Crippen molar-refractivity contribution in [3.8, 4) is 5.75 Å². The monoisotopic (exact) mass is 411 g/mol. The minimum atomic E-state index is -0.738. The number of hydrogen-bond acceptors (Lipinski definition) is 4. The Morgan fingerprint density at radius 1 is 1.38 bits per heavy atom. The third-order valence-corrected chi connectivity index (χ3v) is 4.55. The summed E-state index contributed by atoms with van der Waals surface area (Å²) in [5.41, 5.74) is 1.23. The van der Waals surface area contributed by atoms with Gasteiger partial charge in [0.25, 0.3) is 0 Å². The van der Waals surface area contributed by atoms with Crippen molar-refractivity contribution in [2.45, 2.75) is 6.42 Å². The van der Waals surface area contributed by atoms with Gasteiger partial charge in [-0.25, -0.2) is 9.18 Å². The molecule has 0 unspecified atom stereocenters. The Kier molecular flexibility index (Phi) is 4.60. The van der Waals surface area contributed by atoms with Crippen LogP contribution in [0.4, 0.5) is 10.1 Å². The lowest BCUT2D eigenvalue weighted by atomic mass is 10.0. The van der Waals surface area contributed by atoms with Crippen LogP contribution in [0, 0.1) is 5.82 Å². The quantitative estimate of drug-likeness (QED) is 0.434. The molecule has 7 heteroatoms. The number of ketones is 1. The van der Waals surface area contributed by atoms with Crippen LogP contribution in [0.25, 0.3) is 0 Å². The van der Waals surface area contributed by atoms with Crippen LogP contribution in [-0.2, 0) is 11.2 Å². The van der Waals surface area contributed by atoms with Gasteiger partial charge in [-0.2, -0.15) is 0 Å². The molecule has 0 N–H and O–H groups in total. The Hall–Kier alpha value is -1.92. The number of esters is 1. The molecule has 0 amide bonds. The van der Waals surface area contributed by atoms with Crippen molar-refractivity contribution in [1.29, 1.82) is 0 Å². The summed E-state index contributed by atoms with van der Waals surface area (Å²) in [6, 6.07) is 7.84. The largest absolute Gasteiger partial charge is 0.420 e. The molecule has 0 spiro atoms. The maximum atomic E-state index is 14.2. The van der Waals surface area contributed by atoms with Crippen molar-refractivity contribution in [3.63, 3.8) is 0 Å². The van der Waals surface area contributed by atoms with Gasteiger partial charge >= 0.3 is 5.97 Å². The smallest absolute Gasteiger partial charge is 0.331 e. The van der Waals surface area contributed by atoms with Gasteiger partial charge in [0.1, 0.15) is 6.54 Å². The van der Waals surface area contributed by atoms with E-state index in [1.165, 1.54) is 6.07 Å². The summed E-state index contributed by atoms with van der Waals surface area (Å²) in [7, 11) is 1.64. The van der Waals surface area contributed by atoms with E-state index < -0.39 is 11.8 Å². The van der Waals surface area contributed by atoms with Crippen molar-refractivity contribution < 1.29 is 18.7 Å². The van der Waals surface area contributed by atoms with Crippen LogP contribution in [0.5, 0.6) is 5.75 Å². The van der Waals surface area contributed by atoms with Crippen LogP contribution < -0.4 is 9.64 Å². The summed E-state index contributed by atoms with van der Waals surface area (Å²) >= 11 is 9.43. The second-order valence-electron chi connectivity index (χ2n) is 5.47. The topological polar surface area (TPSA) is 46.6 Å². The van der Waals surface area contributed by atoms with Crippen molar-refractivity contribution in [1.82, 2.24) is 0 Å². The van der Waals surface area contributed by atoms with Crippen LogP contribution in [0.2, 0.25) is 5.02 Å². The first-order valence-corrected chi connectivity index (χ1v) is 8.24. The molecule has 0 aromatic heterocycles. The van der Waals surface area contributed by atoms with Crippen LogP contribution in [0.15, 0.2) is 34.8 Å². The lowest BCUT2D eigenvalue weighted by Crippen LogP contribution is -2.34. The summed E-state index contributed by atoms with van der Waals surface area (Å²) in [6.07, 6.45) is 0.0494. The lowest BCUT2D eigenvalue weighted by Gasteiger charge is -2.26. The molecule has 0 saturated heterocycles. The fourth-order valence-electron chi connectivity index (χ4n) is 2.49. The first-order valence-electron chi connectivity index (χ1n) is 7.07. The van der Waals surface area contributed by atoms with Gasteiger partial charge in [-0.05, 0) is 29.8 Å². The Morgan fingerprint density at radius 3 is 2.83 bits per heavy atom. The fraction of sp³-hybridized carbons (Fsp3) is 0.176. The molecule has 124 valence electrons. The van der Waals surface area contributed by atoms with Gasteiger partial charge in [-0.1, -0.05) is 33.6 Å². The van der Waals surface area contributed by atoms with E-state index in [1.807, 2.05) is 0 Å². The molecule has 3 rings (SSSR count). The van der Waals surface area contributed by atoms with Crippen molar-refractivity contribution in [2.75, 3.05) is 18.5 Å². The van der Waals surface area contributed by atoms with Crippen LogP contribution >= 0.6 is 27.5 Å². The maximum Gasteiger partial charge on any atom is 0.331 e. The number of carbonyl (C=O) groups excluding carboxylic acids is 2. The number of benzene rings is 2. The van der Waals surface area contributed by atoms with Crippen LogP contribution in [-0.4, -0.2) is 25.3 Å². The highest BCUT2D eigenvalue weighted by Crippen LogP contribution is 2.35. The number of anilines is 1. The third kappa shape index (κ3) is 3.30. The minimum absolute atomic E-state index is 0.00260. The molecule has 0 atom stereocenters. The average molecular weight is 413 g/mol. The van der Waals surface area contributed by atoms with Gasteiger partial charge in [-0.15, -0.1) is 0 Å². The average Bonchev–Trinajstić information content (AvgIpc) is 2.50. The normalized spacial score (nSPS) is 13.5. The minimum Gasteiger partial charge on any atom is -0.420 e. The van der Waals surface area contributed by atoms with Gasteiger partial charge in [-0.3, -0.25) is 4.79 Å². The number of rotatable bonds is 3. The Bertz CT molecular complexity index is 856. The van der Waals surface area contributed by atoms with E-state index in [2.05, 4.69) is 15.9 Å². The molecular weight excluding hydrogens is 401 g/mol. The van der Waals surface area contributed by atoms with Crippen molar-refractivity contribution in [2.24, 2.45) is 0 Å². The lowest BCUT2D eigenvalue weighted by molar-refractivity contribution is -0.133. The predicted molar refractivity (Wildman–Crippen MR) is 92.5 cm³/mol. The summed E-state index contributed by atoms with van der Waals surface area (Å²) in [6.45, 7) is 0.00260. The van der Waals surface area contributed by atoms with E-state index in [-0.39, 0.29) is 30.1 Å². The highest BCUT2D eigenvalue weighted by atomic mass is 79.9. The number of fused-ring (bicyclic) bond motifs is 1. The third-order valence-electron chi connectivity index (χ3n) is 3.71. The molecule has 0 radical (unpaired) electrons. The number of nitrogens with zero attached hydrogens (tertiary/aromatic N) is 1. The number of ether oxygens (including phenoxy) is 1. The summed E-state index contributed by atoms with van der Waals surface area (Å²) in [4.78, 5) is 25.4. The number of halogens is 3. The molecule has 1 aliphatic heterocycles. The van der Waals surface area contributed by atoms with Gasteiger partial charge in [0.15, 0.2) is 17.3 Å². The molecular formula is C17H12BrClFNO3. The Labute approximate surface area is 151 Å². The molecule has 1 aliphatic rings. The van der Waals surface area contributed by atoms with E-state index >= 15 is 0 Å². The standard InChI is InChI=1S/C17H12BrClFNO3/c1-21-8-16(23)24-17-13(20)4-10(5-14(17)21)15(22)6-9-2-3-11(18)7-12(9)19/h2-5,7H,6,8H2,1H3. The number of hydrogen-bond donors (Lipinski definition) is 0. The van der Waals surface area contributed by atoms with E-state index in [1.54, 1.807) is 30.1 Å². The maximum absolute atomic E-state index is 14.2. The van der Waals surface area contributed by atoms with E-state index in [9.17, 15) is 14.0 Å². The molecule has 2 aromatic carbocycles. The molecule has 0 aliphatic carbocycles. The zero-order chi connectivity index (χ0) is 17.4. The van der Waals surface area contributed by atoms with Gasteiger partial charge in [0.2, 0.25) is 0 Å². The Balaban J connectivity index is 1.92. The highest BCUT2D eigenvalue weighted by molar-refractivity contribution is 9.10. The van der Waals surface area contributed by atoms with Gasteiger partial charge < -0.3 is 9.64 Å². The fourth-order valence-corrected chi connectivity index (χ4v) is 3.23. The summed E-state index contributed by atoms with van der Waals surface area (Å²) in [5.74, 6) is -1.69. The van der Waals surface area contributed by atoms with Crippen molar-refractivity contribution >= 4 is 45.0 Å². The number of likely N-dealkylation sites (N-methyl/N-ethyl adjacent to an activating group) is 1. The molecule has 4 nitrogen and oxygen atoms in total. The van der Waals surface area contributed by atoms with Crippen molar-refractivity contribution in [3.05, 3.63) is 56.8 Å². The van der Waals surface area contributed by atoms with Gasteiger partial charge in [0, 0.05) is 28.5 Å².